The number of alkyl halides is 3. The van der Waals surface area contributed by atoms with E-state index in [4.69, 9.17) is 23.2 Å². The Balaban J connectivity index is 2.05. The molecule has 1 aliphatic rings. The lowest BCUT2D eigenvalue weighted by molar-refractivity contribution is -0.137. The van der Waals surface area contributed by atoms with E-state index in [1.807, 2.05) is 0 Å². The van der Waals surface area contributed by atoms with Gasteiger partial charge in [-0.25, -0.2) is 0 Å². The molecule has 0 aliphatic carbocycles. The van der Waals surface area contributed by atoms with Crippen molar-refractivity contribution in [2.75, 3.05) is 10.7 Å². The van der Waals surface area contributed by atoms with E-state index >= 15 is 0 Å². The SMILES string of the molecule is O=C1CS[C@H](c2cccc(Cl)c2Cl)N1c1cccc(C(F)(F)F)c1. The van der Waals surface area contributed by atoms with Gasteiger partial charge < -0.3 is 0 Å². The largest absolute Gasteiger partial charge is 0.416 e. The van der Waals surface area contributed by atoms with Crippen LogP contribution >= 0.6 is 35.0 Å². The van der Waals surface area contributed by atoms with Crippen molar-refractivity contribution < 1.29 is 18.0 Å². The van der Waals surface area contributed by atoms with E-state index in [0.717, 1.165) is 12.1 Å². The van der Waals surface area contributed by atoms with Gasteiger partial charge in [-0.3, -0.25) is 9.69 Å². The summed E-state index contributed by atoms with van der Waals surface area (Å²) >= 11 is 13.5. The molecule has 2 aromatic rings. The third-order valence-corrected chi connectivity index (χ3v) is 5.59. The Kier molecular flexibility index (Phi) is 4.73. The summed E-state index contributed by atoms with van der Waals surface area (Å²) in [5.74, 6) is -0.121. The highest BCUT2D eigenvalue weighted by molar-refractivity contribution is 8.00. The summed E-state index contributed by atoms with van der Waals surface area (Å²) in [6.45, 7) is 0. The van der Waals surface area contributed by atoms with Crippen LogP contribution in [0.3, 0.4) is 0 Å². The molecule has 24 heavy (non-hydrogen) atoms. The number of carbonyl (C=O) groups is 1. The maximum atomic E-state index is 12.9. The van der Waals surface area contributed by atoms with Crippen molar-refractivity contribution in [3.05, 3.63) is 63.6 Å². The first kappa shape index (κ1) is 17.5. The Bertz CT molecular complexity index is 797. The number of nitrogens with zero attached hydrogens (tertiary/aromatic N) is 1. The zero-order valence-electron chi connectivity index (χ0n) is 12.0. The number of hydrogen-bond acceptors (Lipinski definition) is 2. The molecule has 1 fully saturated rings. The van der Waals surface area contributed by atoms with Crippen LogP contribution in [0.25, 0.3) is 0 Å². The van der Waals surface area contributed by atoms with Gasteiger partial charge in [0.15, 0.2) is 0 Å². The van der Waals surface area contributed by atoms with E-state index in [0.29, 0.717) is 15.6 Å². The summed E-state index contributed by atoms with van der Waals surface area (Å²) in [6.07, 6.45) is -4.48. The molecule has 3 rings (SSSR count). The molecule has 0 spiro atoms. The van der Waals surface area contributed by atoms with Crippen molar-refractivity contribution in [2.45, 2.75) is 11.6 Å². The van der Waals surface area contributed by atoms with Gasteiger partial charge in [0, 0.05) is 11.3 Å². The predicted octanol–water partition coefficient (Wildman–Crippen LogP) is 5.79. The molecule has 1 heterocycles. The first-order valence-corrected chi connectivity index (χ1v) is 8.64. The molecule has 2 nitrogen and oxygen atoms in total. The molecule has 0 unspecified atom stereocenters. The maximum Gasteiger partial charge on any atom is 0.416 e. The normalized spacial score (nSPS) is 18.3. The highest BCUT2D eigenvalue weighted by Gasteiger charge is 2.37. The second kappa shape index (κ2) is 6.50. The van der Waals surface area contributed by atoms with Gasteiger partial charge in [-0.05, 0) is 24.3 Å². The fourth-order valence-corrected chi connectivity index (χ4v) is 4.16. The molecule has 1 atom stereocenters. The van der Waals surface area contributed by atoms with Crippen LogP contribution in [-0.4, -0.2) is 11.7 Å². The van der Waals surface area contributed by atoms with Gasteiger partial charge >= 0.3 is 6.18 Å². The summed E-state index contributed by atoms with van der Waals surface area (Å²) in [4.78, 5) is 13.6. The van der Waals surface area contributed by atoms with Gasteiger partial charge in [-0.15, -0.1) is 11.8 Å². The summed E-state index contributed by atoms with van der Waals surface area (Å²) in [5, 5.41) is 0.105. The molecule has 1 saturated heterocycles. The number of benzene rings is 2. The summed E-state index contributed by atoms with van der Waals surface area (Å²) in [5.41, 5.74) is -0.0288. The number of halogens is 5. The third-order valence-electron chi connectivity index (χ3n) is 3.57. The summed E-state index contributed by atoms with van der Waals surface area (Å²) in [6, 6.07) is 9.72. The number of anilines is 1. The minimum Gasteiger partial charge on any atom is -0.295 e. The van der Waals surface area contributed by atoms with E-state index in [9.17, 15) is 18.0 Å². The van der Waals surface area contributed by atoms with Crippen LogP contribution in [0, 0.1) is 0 Å². The van der Waals surface area contributed by atoms with Gasteiger partial charge in [0.1, 0.15) is 5.37 Å². The minimum atomic E-state index is -4.48. The third kappa shape index (κ3) is 3.23. The molecule has 0 N–H and O–H groups in total. The maximum absolute atomic E-state index is 12.9. The Morgan fingerprint density at radius 3 is 2.54 bits per heavy atom. The lowest BCUT2D eigenvalue weighted by Gasteiger charge is -2.26. The number of rotatable bonds is 2. The average molecular weight is 392 g/mol. The monoisotopic (exact) mass is 391 g/mol. The van der Waals surface area contributed by atoms with Crippen molar-refractivity contribution in [2.24, 2.45) is 0 Å². The topological polar surface area (TPSA) is 20.3 Å². The quantitative estimate of drug-likeness (QED) is 0.645. The minimum absolute atomic E-state index is 0.157. The smallest absolute Gasteiger partial charge is 0.295 e. The lowest BCUT2D eigenvalue weighted by atomic mass is 10.1. The van der Waals surface area contributed by atoms with Gasteiger partial charge in [-0.2, -0.15) is 13.2 Å². The van der Waals surface area contributed by atoms with Crippen LogP contribution in [0.1, 0.15) is 16.5 Å². The number of amides is 1. The Morgan fingerprint density at radius 2 is 1.83 bits per heavy atom. The van der Waals surface area contributed by atoms with Gasteiger partial charge in [0.05, 0.1) is 21.4 Å². The highest BCUT2D eigenvalue weighted by Crippen LogP contribution is 2.46. The van der Waals surface area contributed by atoms with Crippen LogP contribution in [-0.2, 0) is 11.0 Å². The van der Waals surface area contributed by atoms with Crippen molar-refractivity contribution in [3.63, 3.8) is 0 Å². The Hall–Kier alpha value is -1.37. The summed E-state index contributed by atoms with van der Waals surface area (Å²) < 4.78 is 38.8. The zero-order chi connectivity index (χ0) is 17.5. The lowest BCUT2D eigenvalue weighted by Crippen LogP contribution is -2.28. The van der Waals surface area contributed by atoms with Gasteiger partial charge in [0.2, 0.25) is 5.91 Å². The van der Waals surface area contributed by atoms with Crippen LogP contribution in [0.2, 0.25) is 10.0 Å². The number of hydrogen-bond donors (Lipinski definition) is 0. The van der Waals surface area contributed by atoms with E-state index in [2.05, 4.69) is 0 Å². The first-order valence-electron chi connectivity index (χ1n) is 6.84. The van der Waals surface area contributed by atoms with Crippen LogP contribution < -0.4 is 4.90 Å². The molecule has 2 aromatic carbocycles. The van der Waals surface area contributed by atoms with Gasteiger partial charge in [0.25, 0.3) is 0 Å². The van der Waals surface area contributed by atoms with Crippen molar-refractivity contribution in [1.82, 2.24) is 0 Å². The molecule has 0 bridgehead atoms. The zero-order valence-corrected chi connectivity index (χ0v) is 14.3. The van der Waals surface area contributed by atoms with E-state index in [1.165, 1.54) is 28.8 Å². The molecule has 126 valence electrons. The molecule has 1 amide bonds. The molecular weight excluding hydrogens is 382 g/mol. The molecular formula is C16H10Cl2F3NOS. The standard InChI is InChI=1S/C16H10Cl2F3NOS/c17-12-6-2-5-11(14(12)18)15-22(13(23)8-24-15)10-4-1-3-9(7-10)16(19,20)21/h1-7,15H,8H2/t15-/m1/s1. The van der Waals surface area contributed by atoms with E-state index in [-0.39, 0.29) is 17.3 Å². The van der Waals surface area contributed by atoms with Crippen molar-refractivity contribution in [1.29, 1.82) is 0 Å². The Labute approximate surface area is 150 Å². The van der Waals surface area contributed by atoms with E-state index in [1.54, 1.807) is 18.2 Å². The fourth-order valence-electron chi connectivity index (χ4n) is 2.48. The first-order chi connectivity index (χ1) is 11.3. The van der Waals surface area contributed by atoms with Crippen LogP contribution in [0.15, 0.2) is 42.5 Å². The van der Waals surface area contributed by atoms with E-state index < -0.39 is 17.1 Å². The molecule has 0 saturated carbocycles. The van der Waals surface area contributed by atoms with Gasteiger partial charge in [-0.1, -0.05) is 41.4 Å². The number of thioether (sulfide) groups is 1. The molecule has 0 radical (unpaired) electrons. The average Bonchev–Trinajstić information content (AvgIpc) is 2.91. The number of carbonyl (C=O) groups excluding carboxylic acids is 1. The van der Waals surface area contributed by atoms with Crippen molar-refractivity contribution in [3.8, 4) is 0 Å². The second-order valence-electron chi connectivity index (χ2n) is 5.12. The highest BCUT2D eigenvalue weighted by atomic mass is 35.5. The fraction of sp³-hybridized carbons (Fsp3) is 0.188. The molecule has 1 aliphatic heterocycles. The van der Waals surface area contributed by atoms with Crippen molar-refractivity contribution >= 4 is 46.6 Å². The molecule has 8 heteroatoms. The molecule has 0 aromatic heterocycles. The second-order valence-corrected chi connectivity index (χ2v) is 6.97. The van der Waals surface area contributed by atoms with Crippen LogP contribution in [0.5, 0.6) is 0 Å². The Morgan fingerprint density at radius 1 is 1.12 bits per heavy atom. The predicted molar refractivity (Wildman–Crippen MR) is 90.6 cm³/mol. The van der Waals surface area contributed by atoms with Crippen LogP contribution in [0.4, 0.5) is 18.9 Å². The summed E-state index contributed by atoms with van der Waals surface area (Å²) in [7, 11) is 0.